The van der Waals surface area contributed by atoms with E-state index in [1.165, 1.54) is 4.90 Å². The van der Waals surface area contributed by atoms with Crippen LogP contribution in [-0.4, -0.2) is 22.7 Å². The molecule has 0 atom stereocenters. The SMILES string of the molecule is CCOc1cc(/C=C2\SC(=O)N(Cc3ccc(Cl)cc3)C2=O)cc(Br)c1OCc1ccccc1Cl. The largest absolute Gasteiger partial charge is 0.490 e. The summed E-state index contributed by atoms with van der Waals surface area (Å²) in [5, 5.41) is 0.894. The van der Waals surface area contributed by atoms with Gasteiger partial charge in [-0.25, -0.2) is 0 Å². The first-order valence-corrected chi connectivity index (χ1v) is 13.0. The Morgan fingerprint density at radius 1 is 1.03 bits per heavy atom. The smallest absolute Gasteiger partial charge is 0.293 e. The van der Waals surface area contributed by atoms with Gasteiger partial charge in [0.1, 0.15) is 6.61 Å². The number of thioether (sulfide) groups is 1. The van der Waals surface area contributed by atoms with Crippen molar-refractivity contribution in [1.29, 1.82) is 0 Å². The summed E-state index contributed by atoms with van der Waals surface area (Å²) in [6.45, 7) is 2.75. The standard InChI is InChI=1S/C26H20BrCl2NO4S/c1-2-33-22-12-17(11-20(27)24(22)34-15-18-5-3-4-6-21(18)29)13-23-25(31)30(26(32)35-23)14-16-7-9-19(28)10-8-16/h3-13H,2,14-15H2,1H3/b23-13-. The summed E-state index contributed by atoms with van der Waals surface area (Å²) < 4.78 is 12.5. The van der Waals surface area contributed by atoms with E-state index >= 15 is 0 Å². The Morgan fingerprint density at radius 3 is 2.49 bits per heavy atom. The van der Waals surface area contributed by atoms with Crippen molar-refractivity contribution in [1.82, 2.24) is 4.90 Å². The molecule has 5 nitrogen and oxygen atoms in total. The number of hydrogen-bond acceptors (Lipinski definition) is 5. The first-order chi connectivity index (χ1) is 16.9. The summed E-state index contributed by atoms with van der Waals surface area (Å²) in [7, 11) is 0. The second kappa shape index (κ2) is 11.5. The maximum Gasteiger partial charge on any atom is 0.293 e. The van der Waals surface area contributed by atoms with Crippen molar-refractivity contribution in [2.45, 2.75) is 20.1 Å². The van der Waals surface area contributed by atoms with E-state index < -0.39 is 0 Å². The normalized spacial score (nSPS) is 14.6. The van der Waals surface area contributed by atoms with Crippen molar-refractivity contribution >= 4 is 68.1 Å². The Kier molecular flexibility index (Phi) is 8.44. The monoisotopic (exact) mass is 591 g/mol. The van der Waals surface area contributed by atoms with Gasteiger partial charge in [0.25, 0.3) is 11.1 Å². The van der Waals surface area contributed by atoms with Gasteiger partial charge in [-0.1, -0.05) is 53.5 Å². The highest BCUT2D eigenvalue weighted by Gasteiger charge is 2.35. The summed E-state index contributed by atoms with van der Waals surface area (Å²) in [5.74, 6) is 0.698. The molecule has 0 aromatic heterocycles. The minimum Gasteiger partial charge on any atom is -0.490 e. The summed E-state index contributed by atoms with van der Waals surface area (Å²) in [6, 6.07) is 18.1. The first-order valence-electron chi connectivity index (χ1n) is 10.7. The lowest BCUT2D eigenvalue weighted by atomic mass is 10.1. The molecule has 1 aliphatic rings. The number of nitrogens with zero attached hydrogens (tertiary/aromatic N) is 1. The highest BCUT2D eigenvalue weighted by molar-refractivity contribution is 9.10. The fourth-order valence-corrected chi connectivity index (χ4v) is 5.13. The van der Waals surface area contributed by atoms with Crippen LogP contribution in [0.1, 0.15) is 23.6 Å². The van der Waals surface area contributed by atoms with E-state index in [0.717, 1.165) is 22.9 Å². The lowest BCUT2D eigenvalue weighted by Gasteiger charge is -2.15. The quantitative estimate of drug-likeness (QED) is 0.248. The van der Waals surface area contributed by atoms with Crippen molar-refractivity contribution in [2.24, 2.45) is 0 Å². The highest BCUT2D eigenvalue weighted by Crippen LogP contribution is 2.40. The number of carbonyl (C=O) groups excluding carboxylic acids is 2. The molecule has 1 aliphatic heterocycles. The predicted molar refractivity (Wildman–Crippen MR) is 144 cm³/mol. The zero-order valence-corrected chi connectivity index (χ0v) is 22.5. The van der Waals surface area contributed by atoms with Crippen LogP contribution in [0.2, 0.25) is 10.0 Å². The minimum atomic E-state index is -0.344. The summed E-state index contributed by atoms with van der Waals surface area (Å²) in [6.07, 6.45) is 1.68. The lowest BCUT2D eigenvalue weighted by molar-refractivity contribution is -0.123. The lowest BCUT2D eigenvalue weighted by Crippen LogP contribution is -2.27. The first kappa shape index (κ1) is 25.6. The average Bonchev–Trinajstić information content (AvgIpc) is 3.08. The van der Waals surface area contributed by atoms with Gasteiger partial charge in [0, 0.05) is 15.6 Å². The molecule has 2 amide bonds. The molecular formula is C26H20BrCl2NO4S. The Bertz CT molecular complexity index is 1300. The number of carbonyl (C=O) groups is 2. The molecule has 0 bridgehead atoms. The summed E-state index contributed by atoms with van der Waals surface area (Å²) in [5.41, 5.74) is 2.36. The third kappa shape index (κ3) is 6.22. The number of benzene rings is 3. The molecule has 0 unspecified atom stereocenters. The molecule has 1 saturated heterocycles. The Hall–Kier alpha value is -2.45. The van der Waals surface area contributed by atoms with Crippen molar-refractivity contribution in [3.05, 3.63) is 96.8 Å². The Morgan fingerprint density at radius 2 is 1.77 bits per heavy atom. The van der Waals surface area contributed by atoms with Crippen LogP contribution in [0.4, 0.5) is 4.79 Å². The zero-order chi connectivity index (χ0) is 24.9. The van der Waals surface area contributed by atoms with Gasteiger partial charge in [-0.15, -0.1) is 0 Å². The fourth-order valence-electron chi connectivity index (χ4n) is 3.40. The van der Waals surface area contributed by atoms with Gasteiger partial charge >= 0.3 is 0 Å². The van der Waals surface area contributed by atoms with Gasteiger partial charge in [0.15, 0.2) is 11.5 Å². The van der Waals surface area contributed by atoms with E-state index in [0.29, 0.717) is 43.1 Å². The van der Waals surface area contributed by atoms with Crippen LogP contribution in [0.3, 0.4) is 0 Å². The maximum atomic E-state index is 13.0. The van der Waals surface area contributed by atoms with E-state index in [2.05, 4.69) is 15.9 Å². The molecular weight excluding hydrogens is 573 g/mol. The molecule has 0 N–H and O–H groups in total. The number of imide groups is 1. The summed E-state index contributed by atoms with van der Waals surface area (Å²) in [4.78, 5) is 27.0. The van der Waals surface area contributed by atoms with E-state index in [4.69, 9.17) is 32.7 Å². The molecule has 1 heterocycles. The Labute approximate surface area is 226 Å². The van der Waals surface area contributed by atoms with E-state index in [1.807, 2.05) is 37.3 Å². The van der Waals surface area contributed by atoms with Crippen LogP contribution in [0.25, 0.3) is 6.08 Å². The number of rotatable bonds is 8. The molecule has 3 aromatic carbocycles. The van der Waals surface area contributed by atoms with Gasteiger partial charge in [0.2, 0.25) is 0 Å². The molecule has 4 rings (SSSR count). The molecule has 0 spiro atoms. The van der Waals surface area contributed by atoms with Crippen molar-refractivity contribution in [3.8, 4) is 11.5 Å². The van der Waals surface area contributed by atoms with Crippen molar-refractivity contribution in [2.75, 3.05) is 6.61 Å². The van der Waals surface area contributed by atoms with Gasteiger partial charge in [0.05, 0.1) is 22.5 Å². The predicted octanol–water partition coefficient (Wildman–Crippen LogP) is 7.97. The topological polar surface area (TPSA) is 55.8 Å². The molecule has 3 aromatic rings. The third-order valence-electron chi connectivity index (χ3n) is 5.09. The number of amides is 2. The van der Waals surface area contributed by atoms with Crippen molar-refractivity contribution in [3.63, 3.8) is 0 Å². The molecule has 0 radical (unpaired) electrons. The molecule has 0 saturated carbocycles. The van der Waals surface area contributed by atoms with Crippen LogP contribution in [0, 0.1) is 0 Å². The van der Waals surface area contributed by atoms with Gasteiger partial charge < -0.3 is 9.47 Å². The number of halogens is 3. The molecule has 1 fully saturated rings. The van der Waals surface area contributed by atoms with Crippen molar-refractivity contribution < 1.29 is 19.1 Å². The fraction of sp³-hybridized carbons (Fsp3) is 0.154. The van der Waals surface area contributed by atoms with Gasteiger partial charge in [-0.05, 0) is 82.2 Å². The average molecular weight is 593 g/mol. The van der Waals surface area contributed by atoms with Gasteiger partial charge in [-0.2, -0.15) is 0 Å². The van der Waals surface area contributed by atoms with Crippen LogP contribution in [0.15, 0.2) is 70.0 Å². The number of ether oxygens (including phenoxy) is 2. The van der Waals surface area contributed by atoms with E-state index in [-0.39, 0.29) is 24.3 Å². The minimum absolute atomic E-state index is 0.182. The van der Waals surface area contributed by atoms with E-state index in [1.54, 1.807) is 36.4 Å². The highest BCUT2D eigenvalue weighted by atomic mass is 79.9. The van der Waals surface area contributed by atoms with Crippen LogP contribution in [-0.2, 0) is 17.9 Å². The Balaban J connectivity index is 1.55. The third-order valence-corrected chi connectivity index (χ3v) is 7.20. The molecule has 9 heteroatoms. The molecule has 0 aliphatic carbocycles. The molecule has 35 heavy (non-hydrogen) atoms. The van der Waals surface area contributed by atoms with Gasteiger partial charge in [-0.3, -0.25) is 14.5 Å². The van der Waals surface area contributed by atoms with E-state index in [9.17, 15) is 9.59 Å². The van der Waals surface area contributed by atoms with Crippen LogP contribution >= 0.6 is 50.9 Å². The number of hydrogen-bond donors (Lipinski definition) is 0. The zero-order valence-electron chi connectivity index (χ0n) is 18.6. The summed E-state index contributed by atoms with van der Waals surface area (Å²) >= 11 is 16.6. The molecule has 180 valence electrons. The second-order valence-electron chi connectivity index (χ2n) is 7.54. The second-order valence-corrected chi connectivity index (χ2v) is 10.2. The van der Waals surface area contributed by atoms with Crippen LogP contribution < -0.4 is 9.47 Å². The maximum absolute atomic E-state index is 13.0. The van der Waals surface area contributed by atoms with Crippen LogP contribution in [0.5, 0.6) is 11.5 Å².